The zero-order valence-corrected chi connectivity index (χ0v) is 13.2. The monoisotopic (exact) mass is 298 g/mol. The average Bonchev–Trinajstić information content (AvgIpc) is 2.55. The number of carbonyl (C=O) groups is 1. The smallest absolute Gasteiger partial charge is 0.159 e. The van der Waals surface area contributed by atoms with E-state index in [1.54, 1.807) is 6.92 Å². The van der Waals surface area contributed by atoms with Crippen LogP contribution in [0.5, 0.6) is 11.5 Å². The predicted octanol–water partition coefficient (Wildman–Crippen LogP) is 4.65. The van der Waals surface area contributed by atoms with Gasteiger partial charge in [0.15, 0.2) is 5.78 Å². The fourth-order valence-corrected chi connectivity index (χ4v) is 1.97. The highest BCUT2D eigenvalue weighted by Crippen LogP contribution is 2.19. The van der Waals surface area contributed by atoms with Gasteiger partial charge in [-0.05, 0) is 43.2 Å². The standard InChI is InChI=1S/C19H22O3/c1-3-4-13-21-18-9-11-19(12-10-18)22-14-16-5-7-17(8-6-16)15(2)20/h5-12H,3-4,13-14H2,1-2H3. The van der Waals surface area contributed by atoms with Crippen LogP contribution >= 0.6 is 0 Å². The molecule has 22 heavy (non-hydrogen) atoms. The van der Waals surface area contributed by atoms with Crippen LogP contribution in [0.2, 0.25) is 0 Å². The molecule has 0 saturated heterocycles. The van der Waals surface area contributed by atoms with E-state index in [1.165, 1.54) is 0 Å². The van der Waals surface area contributed by atoms with Gasteiger partial charge in [0.25, 0.3) is 0 Å². The van der Waals surface area contributed by atoms with E-state index in [1.807, 2.05) is 48.5 Å². The van der Waals surface area contributed by atoms with E-state index in [2.05, 4.69) is 6.92 Å². The Morgan fingerprint density at radius 1 is 0.909 bits per heavy atom. The number of unbranched alkanes of at least 4 members (excludes halogenated alkanes) is 1. The zero-order valence-electron chi connectivity index (χ0n) is 13.2. The molecule has 0 heterocycles. The Morgan fingerprint density at radius 3 is 2.05 bits per heavy atom. The third-order valence-corrected chi connectivity index (χ3v) is 3.36. The molecule has 2 rings (SSSR count). The minimum Gasteiger partial charge on any atom is -0.494 e. The fourth-order valence-electron chi connectivity index (χ4n) is 1.97. The topological polar surface area (TPSA) is 35.5 Å². The summed E-state index contributed by atoms with van der Waals surface area (Å²) >= 11 is 0. The molecule has 116 valence electrons. The Balaban J connectivity index is 1.84. The Labute approximate surface area is 131 Å². The summed E-state index contributed by atoms with van der Waals surface area (Å²) in [6.45, 7) is 4.94. The molecular weight excluding hydrogens is 276 g/mol. The quantitative estimate of drug-likeness (QED) is 0.526. The minimum atomic E-state index is 0.0751. The lowest BCUT2D eigenvalue weighted by atomic mass is 10.1. The first-order valence-corrected chi connectivity index (χ1v) is 7.64. The maximum absolute atomic E-state index is 11.2. The van der Waals surface area contributed by atoms with Gasteiger partial charge >= 0.3 is 0 Å². The first kappa shape index (κ1) is 16.1. The highest BCUT2D eigenvalue weighted by molar-refractivity contribution is 5.93. The van der Waals surface area contributed by atoms with Gasteiger partial charge in [-0.1, -0.05) is 37.6 Å². The molecule has 0 radical (unpaired) electrons. The number of hydrogen-bond donors (Lipinski definition) is 0. The summed E-state index contributed by atoms with van der Waals surface area (Å²) in [4.78, 5) is 11.2. The maximum Gasteiger partial charge on any atom is 0.159 e. The highest BCUT2D eigenvalue weighted by Gasteiger charge is 2.01. The Kier molecular flexibility index (Phi) is 6.01. The second-order valence-electron chi connectivity index (χ2n) is 5.22. The molecular formula is C19H22O3. The minimum absolute atomic E-state index is 0.0751. The molecule has 0 bridgehead atoms. The van der Waals surface area contributed by atoms with Crippen molar-refractivity contribution in [2.24, 2.45) is 0 Å². The normalized spacial score (nSPS) is 10.3. The summed E-state index contributed by atoms with van der Waals surface area (Å²) in [5.74, 6) is 1.75. The second kappa shape index (κ2) is 8.23. The molecule has 2 aromatic carbocycles. The highest BCUT2D eigenvalue weighted by atomic mass is 16.5. The Morgan fingerprint density at radius 2 is 1.50 bits per heavy atom. The number of Topliss-reactive ketones (excluding diaryl/α,β-unsaturated/α-hetero) is 1. The molecule has 0 amide bonds. The van der Waals surface area contributed by atoms with Crippen molar-refractivity contribution in [2.45, 2.75) is 33.3 Å². The predicted molar refractivity (Wildman–Crippen MR) is 87.6 cm³/mol. The first-order chi connectivity index (χ1) is 10.7. The van der Waals surface area contributed by atoms with Crippen molar-refractivity contribution < 1.29 is 14.3 Å². The van der Waals surface area contributed by atoms with E-state index >= 15 is 0 Å². The lowest BCUT2D eigenvalue weighted by Gasteiger charge is -2.09. The van der Waals surface area contributed by atoms with E-state index in [0.29, 0.717) is 6.61 Å². The Bertz CT molecular complexity index is 585. The third kappa shape index (κ3) is 4.92. The third-order valence-electron chi connectivity index (χ3n) is 3.36. The van der Waals surface area contributed by atoms with Gasteiger partial charge in [0.05, 0.1) is 6.61 Å². The van der Waals surface area contributed by atoms with Gasteiger partial charge in [0.2, 0.25) is 0 Å². The van der Waals surface area contributed by atoms with Gasteiger partial charge in [0.1, 0.15) is 18.1 Å². The van der Waals surface area contributed by atoms with Gasteiger partial charge < -0.3 is 9.47 Å². The van der Waals surface area contributed by atoms with Crippen LogP contribution in [-0.4, -0.2) is 12.4 Å². The van der Waals surface area contributed by atoms with Crippen molar-refractivity contribution in [3.8, 4) is 11.5 Å². The molecule has 0 saturated carbocycles. The van der Waals surface area contributed by atoms with E-state index < -0.39 is 0 Å². The molecule has 0 unspecified atom stereocenters. The molecule has 0 spiro atoms. The van der Waals surface area contributed by atoms with Crippen LogP contribution in [0.1, 0.15) is 42.6 Å². The lowest BCUT2D eigenvalue weighted by molar-refractivity contribution is 0.101. The SMILES string of the molecule is CCCCOc1ccc(OCc2ccc(C(C)=O)cc2)cc1. The lowest BCUT2D eigenvalue weighted by Crippen LogP contribution is -1.98. The van der Waals surface area contributed by atoms with Crippen molar-refractivity contribution in [1.82, 2.24) is 0 Å². The van der Waals surface area contributed by atoms with E-state index in [4.69, 9.17) is 9.47 Å². The first-order valence-electron chi connectivity index (χ1n) is 7.64. The molecule has 0 aliphatic carbocycles. The molecule has 0 aliphatic rings. The molecule has 2 aromatic rings. The van der Waals surface area contributed by atoms with Crippen LogP contribution in [0.25, 0.3) is 0 Å². The van der Waals surface area contributed by atoms with E-state index in [9.17, 15) is 4.79 Å². The van der Waals surface area contributed by atoms with Crippen LogP contribution in [0.4, 0.5) is 0 Å². The fraction of sp³-hybridized carbons (Fsp3) is 0.316. The van der Waals surface area contributed by atoms with E-state index in [0.717, 1.165) is 42.1 Å². The van der Waals surface area contributed by atoms with Crippen LogP contribution in [0.15, 0.2) is 48.5 Å². The Hall–Kier alpha value is -2.29. The molecule has 0 fully saturated rings. The van der Waals surface area contributed by atoms with Crippen LogP contribution in [0.3, 0.4) is 0 Å². The zero-order chi connectivity index (χ0) is 15.8. The number of rotatable bonds is 8. The van der Waals surface area contributed by atoms with Gasteiger partial charge in [-0.15, -0.1) is 0 Å². The van der Waals surface area contributed by atoms with Crippen molar-refractivity contribution >= 4 is 5.78 Å². The van der Waals surface area contributed by atoms with Crippen molar-refractivity contribution in [3.05, 3.63) is 59.7 Å². The number of ether oxygens (including phenoxy) is 2. The molecule has 0 atom stereocenters. The second-order valence-corrected chi connectivity index (χ2v) is 5.22. The van der Waals surface area contributed by atoms with Gasteiger partial charge in [0, 0.05) is 5.56 Å². The summed E-state index contributed by atoms with van der Waals surface area (Å²) in [7, 11) is 0. The summed E-state index contributed by atoms with van der Waals surface area (Å²) in [6.07, 6.45) is 2.19. The average molecular weight is 298 g/mol. The maximum atomic E-state index is 11.2. The molecule has 3 heteroatoms. The van der Waals surface area contributed by atoms with Crippen LogP contribution in [-0.2, 0) is 6.61 Å². The van der Waals surface area contributed by atoms with Crippen molar-refractivity contribution in [2.75, 3.05) is 6.61 Å². The molecule has 0 N–H and O–H groups in total. The summed E-state index contributed by atoms with van der Waals surface area (Å²) in [6, 6.07) is 15.1. The largest absolute Gasteiger partial charge is 0.494 e. The van der Waals surface area contributed by atoms with Gasteiger partial charge in [-0.2, -0.15) is 0 Å². The molecule has 0 aliphatic heterocycles. The van der Waals surface area contributed by atoms with Crippen LogP contribution in [0, 0.1) is 0 Å². The number of ketones is 1. The van der Waals surface area contributed by atoms with Crippen molar-refractivity contribution in [3.63, 3.8) is 0 Å². The summed E-state index contributed by atoms with van der Waals surface area (Å²) < 4.78 is 11.3. The summed E-state index contributed by atoms with van der Waals surface area (Å²) in [5, 5.41) is 0. The van der Waals surface area contributed by atoms with Gasteiger partial charge in [-0.25, -0.2) is 0 Å². The van der Waals surface area contributed by atoms with Crippen LogP contribution < -0.4 is 9.47 Å². The summed E-state index contributed by atoms with van der Waals surface area (Å²) in [5.41, 5.74) is 1.76. The molecule has 3 nitrogen and oxygen atoms in total. The van der Waals surface area contributed by atoms with Gasteiger partial charge in [-0.3, -0.25) is 4.79 Å². The number of hydrogen-bond acceptors (Lipinski definition) is 3. The number of benzene rings is 2. The van der Waals surface area contributed by atoms with Crippen molar-refractivity contribution in [1.29, 1.82) is 0 Å². The molecule has 0 aromatic heterocycles. The number of carbonyl (C=O) groups excluding carboxylic acids is 1. The van der Waals surface area contributed by atoms with E-state index in [-0.39, 0.29) is 5.78 Å².